The van der Waals surface area contributed by atoms with Gasteiger partial charge >= 0.3 is 6.18 Å². The average Bonchev–Trinajstić information content (AvgIpc) is 2.45. The van der Waals surface area contributed by atoms with Gasteiger partial charge in [0, 0.05) is 19.3 Å². The molecular weight excluding hydrogens is 448 g/mol. The van der Waals surface area contributed by atoms with Crippen LogP contribution in [-0.4, -0.2) is 30.6 Å². The molecule has 0 aromatic carbocycles. The van der Waals surface area contributed by atoms with Gasteiger partial charge in [0.25, 0.3) is 0 Å². The minimum Gasteiger partial charge on any atom is -0.477 e. The van der Waals surface area contributed by atoms with Crippen LogP contribution in [0.25, 0.3) is 0 Å². The molecule has 0 radical (unpaired) electrons. The monoisotopic (exact) mass is 466 g/mol. The Labute approximate surface area is 154 Å². The number of hydrogen-bond donors (Lipinski definition) is 2. The number of aliphatic imine (C=N–C) groups is 1. The molecule has 1 aromatic rings. The molecule has 0 bridgehead atoms. The van der Waals surface area contributed by atoms with Crippen LogP contribution in [0.4, 0.5) is 13.2 Å². The highest BCUT2D eigenvalue weighted by molar-refractivity contribution is 14.0. The molecule has 132 valence electrons. The number of hydrogen-bond acceptors (Lipinski definition) is 3. The van der Waals surface area contributed by atoms with Gasteiger partial charge in [-0.05, 0) is 18.9 Å². The fraction of sp³-hybridized carbons (Fsp3) is 0.538. The SMILES string of the molecule is CCCN=C(N)NCCCOc1ncc(C(F)(F)F)cc1Cl.I. The number of nitrogens with zero attached hydrogens (tertiary/aromatic N) is 2. The molecule has 0 fully saturated rings. The van der Waals surface area contributed by atoms with E-state index in [1.165, 1.54) is 0 Å². The van der Waals surface area contributed by atoms with Crippen LogP contribution in [-0.2, 0) is 6.18 Å². The number of pyridine rings is 1. The van der Waals surface area contributed by atoms with Crippen LogP contribution in [0, 0.1) is 0 Å². The van der Waals surface area contributed by atoms with Crippen LogP contribution < -0.4 is 15.8 Å². The highest BCUT2D eigenvalue weighted by Gasteiger charge is 2.31. The maximum Gasteiger partial charge on any atom is 0.417 e. The summed E-state index contributed by atoms with van der Waals surface area (Å²) in [5.74, 6) is 0.329. The molecule has 23 heavy (non-hydrogen) atoms. The lowest BCUT2D eigenvalue weighted by atomic mass is 10.3. The van der Waals surface area contributed by atoms with Crippen LogP contribution in [0.2, 0.25) is 5.02 Å². The Kier molecular flexibility index (Phi) is 10.3. The number of halogens is 5. The summed E-state index contributed by atoms with van der Waals surface area (Å²) in [5.41, 5.74) is 4.68. The third kappa shape index (κ3) is 8.45. The third-order valence-corrected chi connectivity index (χ3v) is 2.78. The first-order valence-corrected chi connectivity index (χ1v) is 7.11. The third-order valence-electron chi connectivity index (χ3n) is 2.51. The van der Waals surface area contributed by atoms with Crippen molar-refractivity contribution in [2.45, 2.75) is 25.9 Å². The van der Waals surface area contributed by atoms with E-state index in [2.05, 4.69) is 15.3 Å². The lowest BCUT2D eigenvalue weighted by Gasteiger charge is -2.10. The van der Waals surface area contributed by atoms with Crippen LogP contribution in [0.15, 0.2) is 17.3 Å². The van der Waals surface area contributed by atoms with E-state index in [4.69, 9.17) is 22.1 Å². The van der Waals surface area contributed by atoms with Gasteiger partial charge in [0.15, 0.2) is 5.96 Å². The number of ether oxygens (including phenoxy) is 1. The predicted octanol–water partition coefficient (Wildman–Crippen LogP) is 3.46. The van der Waals surface area contributed by atoms with Gasteiger partial charge in [0.05, 0.1) is 12.2 Å². The van der Waals surface area contributed by atoms with E-state index in [1.807, 2.05) is 6.92 Å². The van der Waals surface area contributed by atoms with Crippen molar-refractivity contribution in [2.75, 3.05) is 19.7 Å². The highest BCUT2D eigenvalue weighted by Crippen LogP contribution is 2.33. The summed E-state index contributed by atoms with van der Waals surface area (Å²) in [5, 5.41) is 2.72. The van der Waals surface area contributed by atoms with Gasteiger partial charge < -0.3 is 15.8 Å². The lowest BCUT2D eigenvalue weighted by Crippen LogP contribution is -2.33. The molecule has 0 aliphatic heterocycles. The summed E-state index contributed by atoms with van der Waals surface area (Å²) in [6, 6.07) is 0.789. The zero-order chi connectivity index (χ0) is 16.6. The van der Waals surface area contributed by atoms with Crippen molar-refractivity contribution < 1.29 is 17.9 Å². The Morgan fingerprint density at radius 3 is 2.74 bits per heavy atom. The van der Waals surface area contributed by atoms with E-state index < -0.39 is 11.7 Å². The number of alkyl halides is 3. The molecule has 1 aromatic heterocycles. The Morgan fingerprint density at radius 1 is 1.48 bits per heavy atom. The quantitative estimate of drug-likeness (QED) is 0.279. The van der Waals surface area contributed by atoms with Gasteiger partial charge in [0.1, 0.15) is 5.02 Å². The van der Waals surface area contributed by atoms with Gasteiger partial charge in [-0.1, -0.05) is 18.5 Å². The first-order chi connectivity index (χ1) is 10.3. The Bertz CT molecular complexity index is 514. The molecule has 0 amide bonds. The standard InChI is InChI=1S/C13H18ClF3N4O.HI/c1-2-4-19-12(18)20-5-3-6-22-11-10(14)7-9(8-21-11)13(15,16)17;/h7-8H,2-6H2,1H3,(H3,18,19,20);1H. The maximum atomic E-state index is 12.4. The Balaban J connectivity index is 0.00000484. The van der Waals surface area contributed by atoms with Gasteiger partial charge in [-0.2, -0.15) is 13.2 Å². The number of guanidine groups is 1. The minimum absolute atomic E-state index is 0. The van der Waals surface area contributed by atoms with E-state index in [0.29, 0.717) is 31.7 Å². The first-order valence-electron chi connectivity index (χ1n) is 6.74. The van der Waals surface area contributed by atoms with Gasteiger partial charge in [-0.3, -0.25) is 4.99 Å². The Hall–Kier alpha value is -0.970. The van der Waals surface area contributed by atoms with Crippen molar-refractivity contribution in [1.29, 1.82) is 0 Å². The smallest absolute Gasteiger partial charge is 0.417 e. The summed E-state index contributed by atoms with van der Waals surface area (Å²) in [7, 11) is 0. The largest absolute Gasteiger partial charge is 0.477 e. The molecule has 0 aliphatic rings. The molecule has 1 rings (SSSR count). The van der Waals surface area contributed by atoms with E-state index in [1.54, 1.807) is 0 Å². The zero-order valence-corrected chi connectivity index (χ0v) is 15.6. The van der Waals surface area contributed by atoms with E-state index in [9.17, 15) is 13.2 Å². The number of rotatable bonds is 7. The molecule has 0 unspecified atom stereocenters. The molecule has 10 heteroatoms. The van der Waals surface area contributed by atoms with E-state index in [0.717, 1.165) is 12.5 Å². The zero-order valence-electron chi connectivity index (χ0n) is 12.5. The second kappa shape index (κ2) is 10.7. The lowest BCUT2D eigenvalue weighted by molar-refractivity contribution is -0.137. The summed E-state index contributed by atoms with van der Waals surface area (Å²) in [6.45, 7) is 3.41. The predicted molar refractivity (Wildman–Crippen MR) is 94.6 cm³/mol. The minimum atomic E-state index is -4.48. The summed E-state index contributed by atoms with van der Waals surface area (Å²) < 4.78 is 42.6. The van der Waals surface area contributed by atoms with Crippen molar-refractivity contribution in [3.05, 3.63) is 22.8 Å². The summed E-state index contributed by atoms with van der Waals surface area (Å²) in [4.78, 5) is 7.62. The normalized spacial score (nSPS) is 11.8. The van der Waals surface area contributed by atoms with Crippen LogP contribution in [0.5, 0.6) is 5.88 Å². The van der Waals surface area contributed by atoms with Crippen LogP contribution in [0.3, 0.4) is 0 Å². The molecule has 0 saturated heterocycles. The maximum absolute atomic E-state index is 12.4. The van der Waals surface area contributed by atoms with Gasteiger partial charge in [-0.15, -0.1) is 24.0 Å². The van der Waals surface area contributed by atoms with Crippen molar-refractivity contribution in [3.8, 4) is 5.88 Å². The number of nitrogens with two attached hydrogens (primary N) is 1. The second-order valence-corrected chi connectivity index (χ2v) is 4.81. The fourth-order valence-corrected chi connectivity index (χ4v) is 1.65. The molecule has 0 spiro atoms. The van der Waals surface area contributed by atoms with Crippen molar-refractivity contribution in [2.24, 2.45) is 10.7 Å². The number of aromatic nitrogens is 1. The summed E-state index contributed by atoms with van der Waals surface area (Å²) in [6.07, 6.45) is -2.31. The van der Waals surface area contributed by atoms with Crippen molar-refractivity contribution >= 4 is 41.5 Å². The van der Waals surface area contributed by atoms with Gasteiger partial charge in [0.2, 0.25) is 5.88 Å². The molecule has 5 nitrogen and oxygen atoms in total. The molecular formula is C13H19ClF3IN4O. The van der Waals surface area contributed by atoms with Crippen molar-refractivity contribution in [3.63, 3.8) is 0 Å². The van der Waals surface area contributed by atoms with E-state index in [-0.39, 0.29) is 41.5 Å². The highest BCUT2D eigenvalue weighted by atomic mass is 127. The molecule has 3 N–H and O–H groups in total. The topological polar surface area (TPSA) is 72.5 Å². The molecule has 0 atom stereocenters. The first kappa shape index (κ1) is 22.0. The summed E-state index contributed by atoms with van der Waals surface area (Å²) >= 11 is 5.71. The van der Waals surface area contributed by atoms with Crippen molar-refractivity contribution in [1.82, 2.24) is 10.3 Å². The second-order valence-electron chi connectivity index (χ2n) is 4.40. The van der Waals surface area contributed by atoms with E-state index >= 15 is 0 Å². The molecule has 0 aliphatic carbocycles. The molecule has 1 heterocycles. The fourth-order valence-electron chi connectivity index (χ4n) is 1.43. The van der Waals surface area contributed by atoms with Crippen LogP contribution >= 0.6 is 35.6 Å². The number of nitrogens with one attached hydrogen (secondary N) is 1. The van der Waals surface area contributed by atoms with Crippen LogP contribution in [0.1, 0.15) is 25.3 Å². The average molecular weight is 467 g/mol. The van der Waals surface area contributed by atoms with Gasteiger partial charge in [-0.25, -0.2) is 4.98 Å². The molecule has 0 saturated carbocycles. The Morgan fingerprint density at radius 2 is 2.17 bits per heavy atom.